The van der Waals surface area contributed by atoms with Crippen molar-refractivity contribution >= 4 is 24.3 Å². The van der Waals surface area contributed by atoms with E-state index in [0.29, 0.717) is 13.0 Å². The highest BCUT2D eigenvalue weighted by atomic mass is 16.5. The van der Waals surface area contributed by atoms with E-state index in [-0.39, 0.29) is 23.5 Å². The highest BCUT2D eigenvalue weighted by Gasteiger charge is 2.32. The number of aldehydes is 1. The van der Waals surface area contributed by atoms with Gasteiger partial charge in [-0.2, -0.15) is 0 Å². The summed E-state index contributed by atoms with van der Waals surface area (Å²) in [5.41, 5.74) is 0. The summed E-state index contributed by atoms with van der Waals surface area (Å²) < 4.78 is 4.83. The lowest BCUT2D eigenvalue weighted by atomic mass is 10.2. The van der Waals surface area contributed by atoms with Crippen LogP contribution in [0.5, 0.6) is 0 Å². The molecule has 2 N–H and O–H groups in total. The number of likely N-dealkylation sites (N-methyl/N-ethyl adjacent to an activating group) is 1. The Morgan fingerprint density at radius 1 is 1.22 bits per heavy atom. The smallest absolute Gasteiger partial charge is 0.416 e. The van der Waals surface area contributed by atoms with Gasteiger partial charge in [0.1, 0.15) is 12.8 Å². The number of amides is 2. The van der Waals surface area contributed by atoms with Gasteiger partial charge in [0.25, 0.3) is 0 Å². The molecule has 0 aliphatic carbocycles. The third-order valence-corrected chi connectivity index (χ3v) is 3.22. The van der Waals surface area contributed by atoms with E-state index in [2.05, 4.69) is 5.32 Å². The van der Waals surface area contributed by atoms with Crippen molar-refractivity contribution < 1.29 is 33.5 Å². The van der Waals surface area contributed by atoms with Crippen molar-refractivity contribution in [1.29, 1.82) is 0 Å². The number of nitrogens with zero attached hydrogens (tertiary/aromatic N) is 1. The molecule has 0 aromatic carbocycles. The first-order valence-corrected chi connectivity index (χ1v) is 7.63. The second-order valence-electron chi connectivity index (χ2n) is 5.94. The Kier molecular flexibility index (Phi) is 9.80. The SMILES string of the molecule is CC(=O)OC(CC(=O)O)C[N+](C)(C)C(=O)NCCCCCC=O. The number of hydrogen-bond acceptors (Lipinski definition) is 5. The van der Waals surface area contributed by atoms with E-state index in [1.54, 1.807) is 14.1 Å². The molecule has 0 spiro atoms. The van der Waals surface area contributed by atoms with Gasteiger partial charge in [-0.25, -0.2) is 9.28 Å². The molecule has 0 saturated heterocycles. The monoisotopic (exact) mass is 331 g/mol. The third kappa shape index (κ3) is 10.4. The summed E-state index contributed by atoms with van der Waals surface area (Å²) in [4.78, 5) is 44.2. The molecular formula is C15H27N2O6+. The second-order valence-corrected chi connectivity index (χ2v) is 5.94. The van der Waals surface area contributed by atoms with Gasteiger partial charge >= 0.3 is 18.0 Å². The maximum atomic E-state index is 12.2. The number of ether oxygens (including phenoxy) is 1. The fourth-order valence-corrected chi connectivity index (χ4v) is 2.10. The van der Waals surface area contributed by atoms with E-state index in [4.69, 9.17) is 9.84 Å². The van der Waals surface area contributed by atoms with Crippen LogP contribution in [0.1, 0.15) is 39.0 Å². The van der Waals surface area contributed by atoms with Crippen LogP contribution in [0.15, 0.2) is 0 Å². The van der Waals surface area contributed by atoms with Crippen molar-refractivity contribution in [2.24, 2.45) is 0 Å². The second kappa shape index (κ2) is 10.7. The minimum absolute atomic E-state index is 0.0723. The van der Waals surface area contributed by atoms with Crippen molar-refractivity contribution in [2.75, 3.05) is 27.2 Å². The van der Waals surface area contributed by atoms with Crippen LogP contribution >= 0.6 is 0 Å². The molecule has 0 saturated carbocycles. The lowest BCUT2D eigenvalue weighted by molar-refractivity contribution is -0.812. The quantitative estimate of drug-likeness (QED) is 0.252. The minimum atomic E-state index is -1.09. The van der Waals surface area contributed by atoms with Crippen molar-refractivity contribution in [1.82, 2.24) is 5.32 Å². The summed E-state index contributed by atoms with van der Waals surface area (Å²) >= 11 is 0. The number of hydrogen-bond donors (Lipinski definition) is 2. The number of carbonyl (C=O) groups excluding carboxylic acids is 3. The maximum absolute atomic E-state index is 12.2. The van der Waals surface area contributed by atoms with Crippen LogP contribution < -0.4 is 5.32 Å². The highest BCUT2D eigenvalue weighted by molar-refractivity contribution is 5.70. The molecule has 1 unspecified atom stereocenters. The van der Waals surface area contributed by atoms with Gasteiger partial charge in [-0.15, -0.1) is 0 Å². The van der Waals surface area contributed by atoms with Gasteiger partial charge in [-0.1, -0.05) is 6.42 Å². The van der Waals surface area contributed by atoms with Crippen LogP contribution in [-0.2, 0) is 19.1 Å². The summed E-state index contributed by atoms with van der Waals surface area (Å²) in [7, 11) is 3.25. The molecule has 0 aromatic rings. The molecule has 8 nitrogen and oxygen atoms in total. The molecule has 2 amide bonds. The number of carbonyl (C=O) groups is 4. The number of unbranched alkanes of at least 4 members (excludes halogenated alkanes) is 3. The zero-order chi connectivity index (χ0) is 17.9. The van der Waals surface area contributed by atoms with Crippen molar-refractivity contribution in [3.8, 4) is 0 Å². The van der Waals surface area contributed by atoms with Gasteiger partial charge in [-0.05, 0) is 12.8 Å². The zero-order valence-electron chi connectivity index (χ0n) is 14.0. The minimum Gasteiger partial charge on any atom is -0.481 e. The number of nitrogens with one attached hydrogen (secondary N) is 1. The van der Waals surface area contributed by atoms with Gasteiger partial charge in [0.2, 0.25) is 0 Å². The number of carboxylic acids is 1. The standard InChI is InChI=1S/C15H26N2O6/c1-12(19)23-13(10-14(20)21)11-17(2,3)15(22)16-8-6-4-5-7-9-18/h9,13H,4-8,10-11H2,1-3H3,(H-,16,20,21,22)/p+1. The molecule has 0 rings (SSSR count). The number of esters is 1. The highest BCUT2D eigenvalue weighted by Crippen LogP contribution is 2.08. The molecule has 8 heteroatoms. The predicted molar refractivity (Wildman–Crippen MR) is 82.7 cm³/mol. The van der Waals surface area contributed by atoms with Gasteiger partial charge < -0.3 is 20.0 Å². The number of aliphatic carboxylic acids is 1. The number of rotatable bonds is 11. The first kappa shape index (κ1) is 21.0. The molecule has 0 radical (unpaired) electrons. The molecule has 0 bridgehead atoms. The largest absolute Gasteiger partial charge is 0.481 e. The van der Waals surface area contributed by atoms with Crippen molar-refractivity contribution in [3.63, 3.8) is 0 Å². The third-order valence-electron chi connectivity index (χ3n) is 3.22. The van der Waals surface area contributed by atoms with Crippen LogP contribution in [-0.4, -0.2) is 67.1 Å². The maximum Gasteiger partial charge on any atom is 0.416 e. The molecule has 0 aliphatic heterocycles. The van der Waals surface area contributed by atoms with E-state index in [9.17, 15) is 19.2 Å². The number of quaternary nitrogens is 1. The van der Waals surface area contributed by atoms with E-state index >= 15 is 0 Å². The van der Waals surface area contributed by atoms with Crippen LogP contribution in [0.25, 0.3) is 0 Å². The topological polar surface area (TPSA) is 110 Å². The first-order valence-electron chi connectivity index (χ1n) is 7.63. The van der Waals surface area contributed by atoms with Crippen LogP contribution in [0.4, 0.5) is 4.79 Å². The van der Waals surface area contributed by atoms with E-state index < -0.39 is 18.0 Å². The van der Waals surface area contributed by atoms with Crippen LogP contribution in [0.3, 0.4) is 0 Å². The Balaban J connectivity index is 4.38. The lowest BCUT2D eigenvalue weighted by Gasteiger charge is -2.29. The van der Waals surface area contributed by atoms with Gasteiger partial charge in [0.15, 0.2) is 6.10 Å². The molecule has 0 fully saturated rings. The van der Waals surface area contributed by atoms with Gasteiger partial charge in [0.05, 0.1) is 20.5 Å². The van der Waals surface area contributed by atoms with Gasteiger partial charge in [-0.3, -0.25) is 9.59 Å². The number of urea groups is 1. The van der Waals surface area contributed by atoms with E-state index in [1.165, 1.54) is 6.92 Å². The van der Waals surface area contributed by atoms with Crippen LogP contribution in [0.2, 0.25) is 0 Å². The molecule has 0 heterocycles. The Morgan fingerprint density at radius 2 is 1.87 bits per heavy atom. The van der Waals surface area contributed by atoms with E-state index in [1.807, 2.05) is 0 Å². The van der Waals surface area contributed by atoms with E-state index in [0.717, 1.165) is 25.5 Å². The summed E-state index contributed by atoms with van der Waals surface area (Å²) in [6.45, 7) is 1.76. The average molecular weight is 331 g/mol. The first-order chi connectivity index (χ1) is 10.7. The molecule has 132 valence electrons. The van der Waals surface area contributed by atoms with Crippen LogP contribution in [0, 0.1) is 0 Å². The Bertz CT molecular complexity index is 406. The lowest BCUT2D eigenvalue weighted by Crippen LogP contribution is -2.55. The molecule has 1 atom stereocenters. The summed E-state index contributed by atoms with van der Waals surface area (Å²) in [6.07, 6.45) is 2.60. The number of carboxylic acid groups (broad SMARTS) is 1. The summed E-state index contributed by atoms with van der Waals surface area (Å²) in [5.74, 6) is -1.67. The van der Waals surface area contributed by atoms with Crippen molar-refractivity contribution in [2.45, 2.75) is 45.1 Å². The summed E-state index contributed by atoms with van der Waals surface area (Å²) in [6, 6.07) is -0.275. The average Bonchev–Trinajstić information content (AvgIpc) is 2.40. The zero-order valence-corrected chi connectivity index (χ0v) is 14.0. The Hall–Kier alpha value is -1.96. The Morgan fingerprint density at radius 3 is 2.39 bits per heavy atom. The normalized spacial score (nSPS) is 12.3. The molecule has 0 aromatic heterocycles. The Labute approximate surface area is 136 Å². The fourth-order valence-electron chi connectivity index (χ4n) is 2.10. The molecule has 0 aliphatic rings. The predicted octanol–water partition coefficient (Wildman–Crippen LogP) is 0.938. The van der Waals surface area contributed by atoms with Gasteiger partial charge in [0, 0.05) is 19.9 Å². The molecule has 23 heavy (non-hydrogen) atoms. The van der Waals surface area contributed by atoms with Crippen molar-refractivity contribution in [3.05, 3.63) is 0 Å². The summed E-state index contributed by atoms with van der Waals surface area (Å²) in [5, 5.41) is 11.6. The fraction of sp³-hybridized carbons (Fsp3) is 0.733. The molecular weight excluding hydrogens is 304 g/mol.